The zero-order valence-corrected chi connectivity index (χ0v) is 25.7. The van der Waals surface area contributed by atoms with Crippen molar-refractivity contribution < 1.29 is 43.9 Å². The van der Waals surface area contributed by atoms with Gasteiger partial charge in [0.2, 0.25) is 5.78 Å². The van der Waals surface area contributed by atoms with Crippen LogP contribution in [0.3, 0.4) is 0 Å². The Hall–Kier alpha value is -3.31. The molecule has 2 aliphatic carbocycles. The lowest BCUT2D eigenvalue weighted by molar-refractivity contribution is -0.239. The zero-order chi connectivity index (χ0) is 31.6. The second kappa shape index (κ2) is 11.0. The first-order valence-electron chi connectivity index (χ1n) is 14.8. The molecule has 6 atom stereocenters. The Morgan fingerprint density at radius 1 is 1.09 bits per heavy atom. The highest BCUT2D eigenvalue weighted by molar-refractivity contribution is 6.31. The van der Waals surface area contributed by atoms with E-state index in [1.54, 1.807) is 13.0 Å². The minimum atomic E-state index is -1.94. The van der Waals surface area contributed by atoms with Gasteiger partial charge in [0.25, 0.3) is 0 Å². The van der Waals surface area contributed by atoms with Gasteiger partial charge in [0.05, 0.1) is 36.0 Å². The predicted octanol–water partition coefficient (Wildman–Crippen LogP) is 4.12. The number of hydrogen-bond acceptors (Lipinski definition) is 10. The normalized spacial score (nSPS) is 28.6. The fraction of sp³-hybridized carbons (Fsp3) is 0.545. The van der Waals surface area contributed by atoms with Crippen LogP contribution in [0.4, 0.5) is 0 Å². The molecule has 1 fully saturated rings. The van der Waals surface area contributed by atoms with E-state index in [-0.39, 0.29) is 82.0 Å². The maximum atomic E-state index is 13.8. The maximum Gasteiger partial charge on any atom is 0.202 e. The van der Waals surface area contributed by atoms with Crippen LogP contribution in [0, 0.1) is 5.92 Å². The number of ketones is 3. The molecule has 1 heterocycles. The highest BCUT2D eigenvalue weighted by Gasteiger charge is 2.50. The summed E-state index contributed by atoms with van der Waals surface area (Å²) in [6, 6.07) is 4.56. The molecule has 3 aliphatic rings. The summed E-state index contributed by atoms with van der Waals surface area (Å²) >= 11 is 0. The maximum absolute atomic E-state index is 13.8. The van der Waals surface area contributed by atoms with Crippen molar-refractivity contribution >= 4 is 17.3 Å². The van der Waals surface area contributed by atoms with E-state index in [1.165, 1.54) is 19.2 Å². The average molecular weight is 596 g/mol. The van der Waals surface area contributed by atoms with Gasteiger partial charge in [0.1, 0.15) is 22.8 Å². The Morgan fingerprint density at radius 2 is 1.77 bits per heavy atom. The average Bonchev–Trinajstić information content (AvgIpc) is 2.94. The number of carbonyl (C=O) groups excluding carboxylic acids is 3. The molecule has 1 aliphatic heterocycles. The van der Waals surface area contributed by atoms with Crippen molar-refractivity contribution in [1.82, 2.24) is 5.32 Å². The van der Waals surface area contributed by atoms with Gasteiger partial charge in [-0.15, -0.1) is 0 Å². The third-order valence-electron chi connectivity index (χ3n) is 9.04. The Morgan fingerprint density at radius 3 is 2.40 bits per heavy atom. The number of benzene rings is 2. The summed E-state index contributed by atoms with van der Waals surface area (Å²) in [6.45, 7) is 11.9. The standard InChI is InChI=1S/C33H41NO9/c1-8-22(35)33(40)13-18-25(21(14-33)43-23-12-19(34-32(4,5)6)15(2)16(3)42-23)31(39)27-26(29(18)37)28(36)17-10-9-11-20(41-7)24(17)30(27)38/h9-11,15-16,19,21,23,34,37,39-40H,8,12-14H2,1-7H3/t15-,16+,19+,21+,23+,33+/m1/s1. The summed E-state index contributed by atoms with van der Waals surface area (Å²) in [5.74, 6) is -2.63. The first-order chi connectivity index (χ1) is 20.1. The van der Waals surface area contributed by atoms with Crippen LogP contribution in [0.2, 0.25) is 0 Å². The molecule has 0 amide bonds. The SMILES string of the molecule is CCC(=O)[C@]1(O)Cc2c(O)c3c(c(O)c2[C@@H](O[C@H]2C[C@H](NC(C)(C)C)[C@H](C)[C@H](C)O2)C1)C(=O)c1c(OC)cccc1C3=O. The van der Waals surface area contributed by atoms with E-state index in [0.29, 0.717) is 6.42 Å². The molecule has 4 N–H and O–H groups in total. The Balaban J connectivity index is 1.64. The fourth-order valence-corrected chi connectivity index (χ4v) is 6.76. The van der Waals surface area contributed by atoms with E-state index in [9.17, 15) is 29.7 Å². The van der Waals surface area contributed by atoms with Gasteiger partial charge >= 0.3 is 0 Å². The summed E-state index contributed by atoms with van der Waals surface area (Å²) in [6.07, 6.45) is -2.27. The van der Waals surface area contributed by atoms with Crippen molar-refractivity contribution in [2.75, 3.05) is 7.11 Å². The van der Waals surface area contributed by atoms with Gasteiger partial charge in [0, 0.05) is 54.0 Å². The quantitative estimate of drug-likeness (QED) is 0.306. The minimum Gasteiger partial charge on any atom is -0.507 e. The molecule has 43 heavy (non-hydrogen) atoms. The molecule has 10 nitrogen and oxygen atoms in total. The molecular weight excluding hydrogens is 554 g/mol. The van der Waals surface area contributed by atoms with Crippen molar-refractivity contribution in [2.24, 2.45) is 5.92 Å². The molecule has 2 aromatic carbocycles. The topological polar surface area (TPSA) is 152 Å². The second-order valence-electron chi connectivity index (χ2n) is 13.1. The number of phenolic OH excluding ortho intramolecular Hbond substituents is 2. The lowest BCUT2D eigenvalue weighted by Gasteiger charge is -2.45. The third-order valence-corrected chi connectivity index (χ3v) is 9.04. The van der Waals surface area contributed by atoms with Gasteiger partial charge in [-0.25, -0.2) is 0 Å². The molecule has 232 valence electrons. The van der Waals surface area contributed by atoms with Crippen LogP contribution in [0.15, 0.2) is 18.2 Å². The third kappa shape index (κ3) is 5.24. The number of aliphatic hydroxyl groups is 1. The van der Waals surface area contributed by atoms with E-state index >= 15 is 0 Å². The van der Waals surface area contributed by atoms with Crippen molar-refractivity contribution in [3.8, 4) is 17.2 Å². The molecule has 0 bridgehead atoms. The smallest absolute Gasteiger partial charge is 0.202 e. The van der Waals surface area contributed by atoms with Crippen LogP contribution in [-0.4, -0.2) is 69.4 Å². The van der Waals surface area contributed by atoms with E-state index in [1.807, 2.05) is 6.92 Å². The van der Waals surface area contributed by atoms with Crippen molar-refractivity contribution in [2.45, 2.75) is 103 Å². The van der Waals surface area contributed by atoms with Crippen LogP contribution < -0.4 is 10.1 Å². The first-order valence-corrected chi connectivity index (χ1v) is 14.8. The Kier molecular flexibility index (Phi) is 7.96. The summed E-state index contributed by atoms with van der Waals surface area (Å²) in [5.41, 5.74) is -2.81. The largest absolute Gasteiger partial charge is 0.507 e. The molecule has 10 heteroatoms. The lowest BCUT2D eigenvalue weighted by Crippen LogP contribution is -2.55. The molecule has 0 aromatic heterocycles. The van der Waals surface area contributed by atoms with Crippen molar-refractivity contribution in [1.29, 1.82) is 0 Å². The van der Waals surface area contributed by atoms with Gasteiger partial charge in [-0.3, -0.25) is 14.4 Å². The van der Waals surface area contributed by atoms with Crippen LogP contribution in [-0.2, 0) is 20.7 Å². The van der Waals surface area contributed by atoms with Crippen LogP contribution in [0.25, 0.3) is 0 Å². The lowest BCUT2D eigenvalue weighted by atomic mass is 9.71. The van der Waals surface area contributed by atoms with Gasteiger partial charge in [-0.2, -0.15) is 0 Å². The van der Waals surface area contributed by atoms with Crippen LogP contribution in [0.5, 0.6) is 17.2 Å². The number of fused-ring (bicyclic) bond motifs is 3. The Bertz CT molecular complexity index is 1490. The van der Waals surface area contributed by atoms with E-state index < -0.39 is 46.8 Å². The number of hydrogen-bond donors (Lipinski definition) is 4. The summed E-state index contributed by atoms with van der Waals surface area (Å²) < 4.78 is 18.0. The molecule has 0 spiro atoms. The van der Waals surface area contributed by atoms with Crippen molar-refractivity contribution in [3.05, 3.63) is 51.6 Å². The number of carbonyl (C=O) groups is 3. The summed E-state index contributed by atoms with van der Waals surface area (Å²) in [4.78, 5) is 40.6. The number of methoxy groups -OCH3 is 1. The van der Waals surface area contributed by atoms with Crippen LogP contribution in [0.1, 0.15) is 110 Å². The summed E-state index contributed by atoms with van der Waals surface area (Å²) in [7, 11) is 1.37. The molecule has 0 saturated carbocycles. The van der Waals surface area contributed by atoms with Gasteiger partial charge in [-0.1, -0.05) is 26.0 Å². The van der Waals surface area contributed by atoms with Crippen LogP contribution >= 0.6 is 0 Å². The number of phenols is 2. The fourth-order valence-electron chi connectivity index (χ4n) is 6.76. The van der Waals surface area contributed by atoms with Crippen molar-refractivity contribution in [3.63, 3.8) is 0 Å². The monoisotopic (exact) mass is 595 g/mol. The highest BCUT2D eigenvalue weighted by atomic mass is 16.7. The number of aromatic hydroxyl groups is 2. The zero-order valence-electron chi connectivity index (χ0n) is 25.7. The minimum absolute atomic E-state index is 0.00844. The van der Waals surface area contributed by atoms with Gasteiger partial charge in [0.15, 0.2) is 17.9 Å². The number of rotatable bonds is 6. The predicted molar refractivity (Wildman–Crippen MR) is 157 cm³/mol. The van der Waals surface area contributed by atoms with Gasteiger partial charge in [-0.05, 0) is 39.7 Å². The molecule has 1 saturated heterocycles. The first kappa shape index (κ1) is 31.1. The number of ether oxygens (including phenoxy) is 3. The highest BCUT2D eigenvalue weighted by Crippen LogP contribution is 2.52. The van der Waals surface area contributed by atoms with E-state index in [0.717, 1.165) is 0 Å². The molecular formula is C33H41NO9. The van der Waals surface area contributed by atoms with E-state index in [2.05, 4.69) is 33.0 Å². The van der Waals surface area contributed by atoms with E-state index in [4.69, 9.17) is 14.2 Å². The second-order valence-corrected chi connectivity index (χ2v) is 13.1. The molecule has 5 rings (SSSR count). The molecule has 0 radical (unpaired) electrons. The molecule has 2 aromatic rings. The summed E-state index contributed by atoms with van der Waals surface area (Å²) in [5, 5.41) is 38.5. The Labute approximate surface area is 251 Å². The number of nitrogens with one attached hydrogen (secondary N) is 1. The molecule has 0 unspecified atom stereocenters. The number of Topliss-reactive ketones (excluding diaryl/α,β-unsaturated/α-hetero) is 1. The van der Waals surface area contributed by atoms with Gasteiger partial charge < -0.3 is 34.8 Å².